The predicted octanol–water partition coefficient (Wildman–Crippen LogP) is 10.6. The first-order valence-corrected chi connectivity index (χ1v) is 21.1. The van der Waals surface area contributed by atoms with Crippen LogP contribution in [0.3, 0.4) is 0 Å². The van der Waals surface area contributed by atoms with E-state index < -0.39 is 8.07 Å². The molecule has 0 spiro atoms. The van der Waals surface area contributed by atoms with Crippen LogP contribution in [0.1, 0.15) is 25.3 Å². The molecule has 6 aromatic carbocycles. The number of fused-ring (bicyclic) bond motifs is 4. The molecule has 1 aliphatic heterocycles. The van der Waals surface area contributed by atoms with Gasteiger partial charge in [-0.15, -0.1) is 11.5 Å². The molecule has 0 amide bonds. The molecule has 8 aromatic rings. The number of rotatable bonds is 7. The van der Waals surface area contributed by atoms with Crippen molar-refractivity contribution in [3.8, 4) is 16.9 Å². The molecule has 0 saturated carbocycles. The minimum atomic E-state index is -2.27. The molecule has 2 aromatic heterocycles. The quantitative estimate of drug-likeness (QED) is 0.118. The molecule has 6 heteroatoms. The van der Waals surface area contributed by atoms with Gasteiger partial charge in [0.15, 0.2) is 0 Å². The zero-order valence-electron chi connectivity index (χ0n) is 30.3. The van der Waals surface area contributed by atoms with Crippen LogP contribution in [0.2, 0.25) is 13.1 Å². The van der Waals surface area contributed by atoms with Gasteiger partial charge in [0.1, 0.15) is 5.82 Å². The third kappa shape index (κ3) is 6.02. The Morgan fingerprint density at radius 2 is 1.34 bits per heavy atom. The fraction of sp³-hybridized carbons (Fsp3) is 0.128. The fourth-order valence-corrected chi connectivity index (χ4v) is 10.0. The standard InChI is InChI=1S/C47H40N4Si.Pt/c1-33(2)39-19-8-9-20-40(39)34-27-28-48-47(29-34)51-43-22-11-10-21-41(43)42-26-25-38(31-46(42)51)52(3,4)37-18-14-17-36(30-37)50-32-49(35-15-6-5-7-16-35)44-23-12-13-24-45(44)50;/h5-29,33H,32H2,1-4H3;/q-2;+2. The summed E-state index contributed by atoms with van der Waals surface area (Å²) >= 11 is 0. The minimum Gasteiger partial charge on any atom is -0.345 e. The van der Waals surface area contributed by atoms with Gasteiger partial charge in [-0.25, -0.2) is 4.98 Å². The van der Waals surface area contributed by atoms with Gasteiger partial charge >= 0.3 is 21.1 Å². The molecule has 0 saturated heterocycles. The monoisotopic (exact) mass is 883 g/mol. The summed E-state index contributed by atoms with van der Waals surface area (Å²) in [5, 5.41) is 4.89. The summed E-state index contributed by atoms with van der Waals surface area (Å²) in [4.78, 5) is 9.74. The molecule has 0 N–H and O–H groups in total. The van der Waals surface area contributed by atoms with E-state index in [0.717, 1.165) is 29.2 Å². The molecule has 0 radical (unpaired) electrons. The van der Waals surface area contributed by atoms with E-state index in [0.29, 0.717) is 5.92 Å². The van der Waals surface area contributed by atoms with E-state index in [1.807, 2.05) is 6.20 Å². The second kappa shape index (κ2) is 14.0. The van der Waals surface area contributed by atoms with E-state index in [1.54, 1.807) is 0 Å². The van der Waals surface area contributed by atoms with Gasteiger partial charge in [0.05, 0.1) is 26.1 Å². The predicted molar refractivity (Wildman–Crippen MR) is 221 cm³/mol. The van der Waals surface area contributed by atoms with Crippen LogP contribution in [0.4, 0.5) is 22.7 Å². The van der Waals surface area contributed by atoms with Crippen molar-refractivity contribution in [3.05, 3.63) is 169 Å². The maximum Gasteiger partial charge on any atom is 2.00 e. The van der Waals surface area contributed by atoms with Crippen molar-refractivity contribution in [1.29, 1.82) is 0 Å². The van der Waals surface area contributed by atoms with Crippen molar-refractivity contribution >= 4 is 63.0 Å². The zero-order chi connectivity index (χ0) is 35.4. The van der Waals surface area contributed by atoms with Gasteiger partial charge in [-0.3, -0.25) is 0 Å². The van der Waals surface area contributed by atoms with E-state index in [2.05, 4.69) is 199 Å². The molecule has 4 nitrogen and oxygen atoms in total. The van der Waals surface area contributed by atoms with Crippen LogP contribution < -0.4 is 20.2 Å². The summed E-state index contributed by atoms with van der Waals surface area (Å²) < 4.78 is 2.31. The normalized spacial score (nSPS) is 12.8. The number of pyridine rings is 1. The largest absolute Gasteiger partial charge is 2.00 e. The smallest absolute Gasteiger partial charge is 0.345 e. The molecule has 0 aliphatic carbocycles. The van der Waals surface area contributed by atoms with Crippen LogP contribution in [0.25, 0.3) is 38.8 Å². The molecular formula is C47H40N4PtSi. The van der Waals surface area contributed by atoms with Gasteiger partial charge in [-0.05, 0) is 70.5 Å². The Labute approximate surface area is 327 Å². The first-order chi connectivity index (χ1) is 25.4. The average Bonchev–Trinajstić information content (AvgIpc) is 3.74. The number of para-hydroxylation sites is 4. The van der Waals surface area contributed by atoms with E-state index >= 15 is 0 Å². The SMILES string of the molecule is CC(C)c1ccccc1-c1ccnc(-n2c3[c-]c([Si](C)(C)c4[c-]c(N5CN(c6ccccc6)c6ccccc65)ccc4)ccc3c3ccccc32)c1.[Pt+2]. The number of hydrogen-bond donors (Lipinski definition) is 0. The van der Waals surface area contributed by atoms with Crippen molar-refractivity contribution in [2.75, 3.05) is 16.5 Å². The summed E-state index contributed by atoms with van der Waals surface area (Å²) in [7, 11) is -2.27. The van der Waals surface area contributed by atoms with Crippen molar-refractivity contribution in [2.24, 2.45) is 0 Å². The molecule has 1 aliphatic rings. The Bertz CT molecular complexity index is 2590. The van der Waals surface area contributed by atoms with Crippen LogP contribution in [0.15, 0.2) is 152 Å². The van der Waals surface area contributed by atoms with Crippen LogP contribution in [-0.4, -0.2) is 24.3 Å². The van der Waals surface area contributed by atoms with Crippen molar-refractivity contribution in [2.45, 2.75) is 32.9 Å². The second-order valence-corrected chi connectivity index (χ2v) is 18.9. The minimum absolute atomic E-state index is 0. The van der Waals surface area contributed by atoms with Crippen LogP contribution in [0, 0.1) is 12.1 Å². The Kier molecular flexibility index (Phi) is 9.18. The molecule has 9 rings (SSSR count). The zero-order valence-corrected chi connectivity index (χ0v) is 33.6. The van der Waals surface area contributed by atoms with E-state index in [9.17, 15) is 0 Å². The van der Waals surface area contributed by atoms with E-state index in [4.69, 9.17) is 4.98 Å². The summed E-state index contributed by atoms with van der Waals surface area (Å²) in [6.07, 6.45) is 1.95. The molecule has 53 heavy (non-hydrogen) atoms. The summed E-state index contributed by atoms with van der Waals surface area (Å²) in [5.41, 5.74) is 10.6. The van der Waals surface area contributed by atoms with Crippen molar-refractivity contribution in [1.82, 2.24) is 9.55 Å². The van der Waals surface area contributed by atoms with E-state index in [1.165, 1.54) is 54.9 Å². The topological polar surface area (TPSA) is 24.3 Å². The average molecular weight is 884 g/mol. The van der Waals surface area contributed by atoms with Crippen molar-refractivity contribution < 1.29 is 21.1 Å². The maximum atomic E-state index is 4.97. The Hall–Kier alpha value is -5.22. The third-order valence-electron chi connectivity index (χ3n) is 10.7. The number of nitrogens with zero attached hydrogens (tertiary/aromatic N) is 4. The molecule has 262 valence electrons. The van der Waals surface area contributed by atoms with Gasteiger partial charge < -0.3 is 14.4 Å². The maximum absolute atomic E-state index is 4.97. The Morgan fingerprint density at radius 1 is 0.642 bits per heavy atom. The Balaban J connectivity index is 0.00000400. The third-order valence-corrected chi connectivity index (χ3v) is 14.0. The first-order valence-electron chi connectivity index (χ1n) is 18.1. The van der Waals surface area contributed by atoms with Gasteiger partial charge in [-0.2, -0.15) is 46.8 Å². The molecule has 3 heterocycles. The van der Waals surface area contributed by atoms with Gasteiger partial charge in [0.2, 0.25) is 0 Å². The second-order valence-electron chi connectivity index (χ2n) is 14.5. The van der Waals surface area contributed by atoms with Gasteiger partial charge in [0, 0.05) is 17.4 Å². The number of hydrogen-bond acceptors (Lipinski definition) is 3. The molecular weight excluding hydrogens is 844 g/mol. The fourth-order valence-electron chi connectivity index (χ4n) is 7.84. The number of benzene rings is 6. The summed E-state index contributed by atoms with van der Waals surface area (Å²) in [6.45, 7) is 10.1. The van der Waals surface area contributed by atoms with Crippen LogP contribution in [0.5, 0.6) is 0 Å². The van der Waals surface area contributed by atoms with Gasteiger partial charge in [0.25, 0.3) is 0 Å². The first kappa shape index (κ1) is 34.8. The summed E-state index contributed by atoms with van der Waals surface area (Å²) in [6, 6.07) is 60.2. The van der Waals surface area contributed by atoms with Crippen molar-refractivity contribution in [3.63, 3.8) is 0 Å². The number of aromatic nitrogens is 2. The number of anilines is 4. The van der Waals surface area contributed by atoms with Crippen LogP contribution in [-0.2, 0) is 21.1 Å². The molecule has 0 bridgehead atoms. The van der Waals surface area contributed by atoms with Gasteiger partial charge in [-0.1, -0.05) is 111 Å². The van der Waals surface area contributed by atoms with Crippen LogP contribution >= 0.6 is 0 Å². The van der Waals surface area contributed by atoms with E-state index in [-0.39, 0.29) is 21.1 Å². The molecule has 0 atom stereocenters. The summed E-state index contributed by atoms with van der Waals surface area (Å²) in [5.74, 6) is 1.32. The Morgan fingerprint density at radius 3 is 2.15 bits per heavy atom. The molecule has 0 fully saturated rings. The molecule has 0 unspecified atom stereocenters.